The maximum Gasteiger partial charge on any atom is 0.244 e. The fourth-order valence-corrected chi connectivity index (χ4v) is 1.49. The van der Waals surface area contributed by atoms with Gasteiger partial charge in [-0.2, -0.15) is 5.10 Å². The summed E-state index contributed by atoms with van der Waals surface area (Å²) in [5.74, 6) is 0.218. The fourth-order valence-electron chi connectivity index (χ4n) is 1.49. The third kappa shape index (κ3) is 4.48. The van der Waals surface area contributed by atoms with E-state index in [1.54, 1.807) is 0 Å². The van der Waals surface area contributed by atoms with Crippen molar-refractivity contribution in [3.8, 4) is 5.88 Å². The molecule has 106 valence electrons. The van der Waals surface area contributed by atoms with Crippen LogP contribution in [0.5, 0.6) is 5.88 Å². The van der Waals surface area contributed by atoms with Crippen molar-refractivity contribution in [1.29, 1.82) is 5.41 Å². The summed E-state index contributed by atoms with van der Waals surface area (Å²) in [5.41, 5.74) is 7.41. The van der Waals surface area contributed by atoms with Gasteiger partial charge in [-0.1, -0.05) is 0 Å². The monoisotopic (exact) mass is 266 g/mol. The van der Waals surface area contributed by atoms with Gasteiger partial charge in [-0.05, 0) is 40.2 Å². The molecule has 0 unspecified atom stereocenters. The lowest BCUT2D eigenvalue weighted by Gasteiger charge is -2.19. The van der Waals surface area contributed by atoms with E-state index in [0.717, 1.165) is 11.3 Å². The molecule has 1 aromatic heterocycles. The summed E-state index contributed by atoms with van der Waals surface area (Å²) in [6, 6.07) is 0. The summed E-state index contributed by atoms with van der Waals surface area (Å²) in [4.78, 5) is 0. The van der Waals surface area contributed by atoms with Crippen LogP contribution in [0.1, 0.15) is 37.6 Å². The molecular formula is C13H22N4O2. The van der Waals surface area contributed by atoms with Gasteiger partial charge in [0, 0.05) is 0 Å². The van der Waals surface area contributed by atoms with Crippen LogP contribution in [-0.2, 0) is 4.74 Å². The molecular weight excluding hydrogens is 244 g/mol. The van der Waals surface area contributed by atoms with Crippen molar-refractivity contribution in [3.63, 3.8) is 0 Å². The van der Waals surface area contributed by atoms with Crippen LogP contribution < -0.4 is 10.5 Å². The van der Waals surface area contributed by atoms with Crippen LogP contribution in [0.2, 0.25) is 0 Å². The number of hydrogen-bond acceptors (Lipinski definition) is 5. The van der Waals surface area contributed by atoms with Crippen molar-refractivity contribution >= 4 is 5.84 Å². The molecule has 3 N–H and O–H groups in total. The Morgan fingerprint density at radius 2 is 1.84 bits per heavy atom. The molecule has 0 aliphatic heterocycles. The van der Waals surface area contributed by atoms with E-state index in [-0.39, 0.29) is 17.3 Å². The molecule has 0 fully saturated rings. The number of aryl methyl sites for hydroxylation is 1. The Labute approximate surface area is 113 Å². The van der Waals surface area contributed by atoms with Crippen molar-refractivity contribution < 1.29 is 9.47 Å². The first-order chi connectivity index (χ1) is 8.72. The third-order valence-electron chi connectivity index (χ3n) is 2.55. The zero-order valence-electron chi connectivity index (χ0n) is 12.2. The second kappa shape index (κ2) is 5.97. The van der Waals surface area contributed by atoms with Crippen molar-refractivity contribution in [2.75, 3.05) is 13.2 Å². The average molecular weight is 266 g/mol. The van der Waals surface area contributed by atoms with E-state index < -0.39 is 0 Å². The van der Waals surface area contributed by atoms with Gasteiger partial charge >= 0.3 is 0 Å². The van der Waals surface area contributed by atoms with Gasteiger partial charge in [-0.3, -0.25) is 5.41 Å². The van der Waals surface area contributed by atoms with Crippen LogP contribution in [0, 0.1) is 19.3 Å². The number of ether oxygens (including phenoxy) is 2. The molecule has 6 heteroatoms. The molecule has 0 saturated carbocycles. The Morgan fingerprint density at radius 3 is 2.37 bits per heavy atom. The number of amidine groups is 1. The Bertz CT molecular complexity index is 466. The zero-order chi connectivity index (χ0) is 14.6. The van der Waals surface area contributed by atoms with E-state index in [1.165, 1.54) is 0 Å². The molecule has 6 nitrogen and oxygen atoms in total. The van der Waals surface area contributed by atoms with Gasteiger partial charge in [0.15, 0.2) is 0 Å². The summed E-state index contributed by atoms with van der Waals surface area (Å²) in [7, 11) is 0. The molecule has 0 bridgehead atoms. The van der Waals surface area contributed by atoms with Gasteiger partial charge in [0.1, 0.15) is 12.4 Å². The predicted octanol–water partition coefficient (Wildman–Crippen LogP) is 1.57. The maximum atomic E-state index is 7.59. The fraction of sp³-hybridized carbons (Fsp3) is 0.615. The molecule has 0 aliphatic rings. The molecule has 1 aromatic rings. The lowest BCUT2D eigenvalue weighted by atomic mass is 10.1. The van der Waals surface area contributed by atoms with Gasteiger partial charge in [-0.25, -0.2) is 0 Å². The quantitative estimate of drug-likeness (QED) is 0.479. The molecule has 1 rings (SSSR count). The summed E-state index contributed by atoms with van der Waals surface area (Å²) < 4.78 is 11.1. The number of hydrogen-bond donors (Lipinski definition) is 2. The van der Waals surface area contributed by atoms with Crippen LogP contribution in [-0.4, -0.2) is 34.8 Å². The van der Waals surface area contributed by atoms with E-state index in [1.807, 2.05) is 34.6 Å². The highest BCUT2D eigenvalue weighted by Crippen LogP contribution is 2.19. The topological polar surface area (TPSA) is 94.1 Å². The number of aromatic nitrogens is 2. The van der Waals surface area contributed by atoms with Crippen molar-refractivity contribution in [2.45, 2.75) is 40.2 Å². The van der Waals surface area contributed by atoms with Crippen LogP contribution in [0.3, 0.4) is 0 Å². The second-order valence-corrected chi connectivity index (χ2v) is 5.31. The average Bonchev–Trinajstić information content (AvgIpc) is 2.27. The molecule has 1 heterocycles. The Hall–Kier alpha value is -1.69. The molecule has 19 heavy (non-hydrogen) atoms. The third-order valence-corrected chi connectivity index (χ3v) is 2.55. The van der Waals surface area contributed by atoms with E-state index in [9.17, 15) is 0 Å². The molecule has 0 saturated heterocycles. The number of nitrogen functional groups attached to an aromatic ring is 1. The van der Waals surface area contributed by atoms with Crippen molar-refractivity contribution in [2.24, 2.45) is 5.73 Å². The van der Waals surface area contributed by atoms with Gasteiger partial charge in [0.2, 0.25) is 5.88 Å². The highest BCUT2D eigenvalue weighted by molar-refractivity contribution is 5.98. The first kappa shape index (κ1) is 15.4. The smallest absolute Gasteiger partial charge is 0.244 e. The Morgan fingerprint density at radius 1 is 1.21 bits per heavy atom. The van der Waals surface area contributed by atoms with Crippen LogP contribution in [0.25, 0.3) is 0 Å². The molecule has 0 atom stereocenters. The van der Waals surface area contributed by atoms with E-state index in [0.29, 0.717) is 18.8 Å². The number of nitrogens with zero attached hydrogens (tertiary/aromatic N) is 2. The van der Waals surface area contributed by atoms with Gasteiger partial charge in [0.05, 0.1) is 23.5 Å². The highest BCUT2D eigenvalue weighted by Gasteiger charge is 2.15. The lowest BCUT2D eigenvalue weighted by molar-refractivity contribution is -0.0169. The largest absolute Gasteiger partial charge is 0.474 e. The molecule has 0 amide bonds. The molecule has 0 spiro atoms. The Kier molecular flexibility index (Phi) is 4.83. The zero-order valence-corrected chi connectivity index (χ0v) is 12.2. The summed E-state index contributed by atoms with van der Waals surface area (Å²) in [6.45, 7) is 10.4. The maximum absolute atomic E-state index is 7.59. The van der Waals surface area contributed by atoms with Gasteiger partial charge in [0.25, 0.3) is 0 Å². The SMILES string of the molecule is Cc1nnc(OCCOC(C)(C)C)c(C(=N)N)c1C. The lowest BCUT2D eigenvalue weighted by Crippen LogP contribution is -2.23. The van der Waals surface area contributed by atoms with Crippen LogP contribution >= 0.6 is 0 Å². The minimum absolute atomic E-state index is 0.0674. The second-order valence-electron chi connectivity index (χ2n) is 5.31. The van der Waals surface area contributed by atoms with Gasteiger partial charge in [-0.15, -0.1) is 5.10 Å². The van der Waals surface area contributed by atoms with Crippen molar-refractivity contribution in [1.82, 2.24) is 10.2 Å². The summed E-state index contributed by atoms with van der Waals surface area (Å²) in [5, 5.41) is 15.5. The predicted molar refractivity (Wildman–Crippen MR) is 73.7 cm³/mol. The number of nitrogens with two attached hydrogens (primary N) is 1. The van der Waals surface area contributed by atoms with E-state index in [4.69, 9.17) is 20.6 Å². The number of rotatable bonds is 5. The summed E-state index contributed by atoms with van der Waals surface area (Å²) >= 11 is 0. The number of nitrogens with one attached hydrogen (secondary N) is 1. The molecule has 0 radical (unpaired) electrons. The first-order valence-electron chi connectivity index (χ1n) is 6.17. The van der Waals surface area contributed by atoms with Gasteiger partial charge < -0.3 is 15.2 Å². The van der Waals surface area contributed by atoms with Crippen LogP contribution in [0.4, 0.5) is 0 Å². The van der Waals surface area contributed by atoms with Crippen molar-refractivity contribution in [3.05, 3.63) is 16.8 Å². The summed E-state index contributed by atoms with van der Waals surface area (Å²) in [6.07, 6.45) is 0. The Balaban J connectivity index is 2.74. The van der Waals surface area contributed by atoms with E-state index in [2.05, 4.69) is 10.2 Å². The van der Waals surface area contributed by atoms with Crippen LogP contribution in [0.15, 0.2) is 0 Å². The molecule has 0 aromatic carbocycles. The first-order valence-corrected chi connectivity index (χ1v) is 6.17. The minimum Gasteiger partial charge on any atom is -0.474 e. The molecule has 0 aliphatic carbocycles. The minimum atomic E-state index is -0.207. The standard InChI is InChI=1S/C13H22N4O2/c1-8-9(2)16-17-12(10(8)11(14)15)18-6-7-19-13(3,4)5/h6-7H2,1-5H3,(H3,14,15). The highest BCUT2D eigenvalue weighted by atomic mass is 16.5. The van der Waals surface area contributed by atoms with E-state index >= 15 is 0 Å². The normalized spacial score (nSPS) is 11.4.